The van der Waals surface area contributed by atoms with E-state index in [0.717, 1.165) is 19.5 Å². The highest BCUT2D eigenvalue weighted by molar-refractivity contribution is 5.75. The van der Waals surface area contributed by atoms with Crippen molar-refractivity contribution in [3.05, 3.63) is 0 Å². The molecule has 0 aromatic carbocycles. The SMILES string of the molecule is CC1CCN(C(=O)NCCC(=O)O)CC12CCC2. The van der Waals surface area contributed by atoms with Gasteiger partial charge in [0.05, 0.1) is 6.42 Å². The Labute approximate surface area is 108 Å². The first-order valence-corrected chi connectivity index (χ1v) is 6.78. The van der Waals surface area contributed by atoms with Crippen LogP contribution in [0.4, 0.5) is 4.79 Å². The Bertz CT molecular complexity index is 339. The number of hydrogen-bond acceptors (Lipinski definition) is 2. The van der Waals surface area contributed by atoms with E-state index in [9.17, 15) is 9.59 Å². The molecule has 2 N–H and O–H groups in total. The molecule has 1 atom stereocenters. The summed E-state index contributed by atoms with van der Waals surface area (Å²) in [5.41, 5.74) is 0.350. The summed E-state index contributed by atoms with van der Waals surface area (Å²) in [6.45, 7) is 4.14. The highest BCUT2D eigenvalue weighted by atomic mass is 16.4. The Kier molecular flexibility index (Phi) is 3.78. The number of carboxylic acid groups (broad SMARTS) is 1. The molecule has 1 saturated heterocycles. The minimum Gasteiger partial charge on any atom is -0.481 e. The normalized spacial score (nSPS) is 25.6. The molecule has 0 aromatic rings. The fourth-order valence-electron chi connectivity index (χ4n) is 3.11. The van der Waals surface area contributed by atoms with Crippen molar-refractivity contribution in [2.75, 3.05) is 19.6 Å². The van der Waals surface area contributed by atoms with E-state index in [2.05, 4.69) is 12.2 Å². The lowest BCUT2D eigenvalue weighted by molar-refractivity contribution is -0.136. The third-order valence-electron chi connectivity index (χ3n) is 4.63. The Hall–Kier alpha value is -1.26. The molecule has 102 valence electrons. The van der Waals surface area contributed by atoms with E-state index in [1.165, 1.54) is 19.3 Å². The summed E-state index contributed by atoms with van der Waals surface area (Å²) in [5, 5.41) is 11.2. The van der Waals surface area contributed by atoms with Crippen LogP contribution in [0, 0.1) is 11.3 Å². The van der Waals surface area contributed by atoms with E-state index in [0.29, 0.717) is 11.3 Å². The number of rotatable bonds is 3. The molecule has 5 nitrogen and oxygen atoms in total. The average Bonchev–Trinajstić information content (AvgIpc) is 2.26. The quantitative estimate of drug-likeness (QED) is 0.805. The van der Waals surface area contributed by atoms with Gasteiger partial charge in [0.2, 0.25) is 0 Å². The molecule has 1 heterocycles. The maximum Gasteiger partial charge on any atom is 0.317 e. The second kappa shape index (κ2) is 5.16. The van der Waals surface area contributed by atoms with Gasteiger partial charge in [-0.15, -0.1) is 0 Å². The van der Waals surface area contributed by atoms with Crippen LogP contribution in [0.5, 0.6) is 0 Å². The van der Waals surface area contributed by atoms with Gasteiger partial charge >= 0.3 is 12.0 Å². The standard InChI is InChI=1S/C13H22N2O3/c1-10-4-8-15(9-13(10)5-2-6-13)12(18)14-7-3-11(16)17/h10H,2-9H2,1H3,(H,14,18)(H,16,17). The molecule has 1 spiro atoms. The van der Waals surface area contributed by atoms with Crippen molar-refractivity contribution in [3.63, 3.8) is 0 Å². The number of piperidine rings is 1. The Morgan fingerprint density at radius 1 is 1.44 bits per heavy atom. The smallest absolute Gasteiger partial charge is 0.317 e. The van der Waals surface area contributed by atoms with Crippen molar-refractivity contribution in [2.24, 2.45) is 11.3 Å². The first-order chi connectivity index (χ1) is 8.53. The molecule has 5 heteroatoms. The molecule has 0 radical (unpaired) electrons. The van der Waals surface area contributed by atoms with Gasteiger partial charge in [-0.3, -0.25) is 4.79 Å². The lowest BCUT2D eigenvalue weighted by Crippen LogP contribution is -2.55. The van der Waals surface area contributed by atoms with Crippen molar-refractivity contribution in [3.8, 4) is 0 Å². The molecule has 18 heavy (non-hydrogen) atoms. The zero-order valence-corrected chi connectivity index (χ0v) is 10.9. The second-order valence-corrected chi connectivity index (χ2v) is 5.70. The third-order valence-corrected chi connectivity index (χ3v) is 4.63. The van der Waals surface area contributed by atoms with Crippen LogP contribution in [0.3, 0.4) is 0 Å². The molecule has 2 amide bonds. The predicted octanol–water partition coefficient (Wildman–Crippen LogP) is 1.68. The minimum atomic E-state index is -0.877. The number of likely N-dealkylation sites (tertiary alicyclic amines) is 1. The van der Waals surface area contributed by atoms with Gasteiger partial charge in [-0.1, -0.05) is 13.3 Å². The van der Waals surface area contributed by atoms with E-state index in [4.69, 9.17) is 5.11 Å². The molecule has 2 fully saturated rings. The summed E-state index contributed by atoms with van der Waals surface area (Å²) < 4.78 is 0. The summed E-state index contributed by atoms with van der Waals surface area (Å²) in [6, 6.07) is -0.102. The predicted molar refractivity (Wildman–Crippen MR) is 67.3 cm³/mol. The third kappa shape index (κ3) is 2.60. The maximum atomic E-state index is 11.9. The summed E-state index contributed by atoms with van der Waals surface area (Å²) in [4.78, 5) is 24.2. The Morgan fingerprint density at radius 3 is 2.72 bits per heavy atom. The number of hydrogen-bond donors (Lipinski definition) is 2. The molecular weight excluding hydrogens is 232 g/mol. The van der Waals surface area contributed by atoms with E-state index < -0.39 is 5.97 Å². The minimum absolute atomic E-state index is 0.0128. The summed E-state index contributed by atoms with van der Waals surface area (Å²) in [6.07, 6.45) is 4.78. The molecule has 2 rings (SSSR count). The molecular formula is C13H22N2O3. The van der Waals surface area contributed by atoms with Gasteiger partial charge in [-0.25, -0.2) is 4.79 Å². The van der Waals surface area contributed by atoms with Gasteiger partial charge < -0.3 is 15.3 Å². The molecule has 1 unspecified atom stereocenters. The van der Waals surface area contributed by atoms with Crippen molar-refractivity contribution in [1.29, 1.82) is 0 Å². The van der Waals surface area contributed by atoms with E-state index in [1.54, 1.807) is 0 Å². The molecule has 1 aliphatic carbocycles. The van der Waals surface area contributed by atoms with Crippen LogP contribution in [0.25, 0.3) is 0 Å². The van der Waals surface area contributed by atoms with E-state index in [-0.39, 0.29) is 19.0 Å². The van der Waals surface area contributed by atoms with Gasteiger partial charge in [0.1, 0.15) is 0 Å². The summed E-state index contributed by atoms with van der Waals surface area (Å²) >= 11 is 0. The lowest BCUT2D eigenvalue weighted by atomic mass is 9.59. The fraction of sp³-hybridized carbons (Fsp3) is 0.846. The zero-order valence-electron chi connectivity index (χ0n) is 10.9. The summed E-state index contributed by atoms with van der Waals surface area (Å²) in [5.74, 6) is -0.174. The van der Waals surface area contributed by atoms with Gasteiger partial charge in [0.25, 0.3) is 0 Å². The van der Waals surface area contributed by atoms with E-state index in [1.807, 2.05) is 4.90 Å². The van der Waals surface area contributed by atoms with Crippen molar-refractivity contribution < 1.29 is 14.7 Å². The Balaban J connectivity index is 1.82. The molecule has 0 aromatic heterocycles. The number of nitrogens with zero attached hydrogens (tertiary/aromatic N) is 1. The fourth-order valence-corrected chi connectivity index (χ4v) is 3.11. The molecule has 1 aliphatic heterocycles. The van der Waals surface area contributed by atoms with Crippen LogP contribution in [0.1, 0.15) is 39.0 Å². The Morgan fingerprint density at radius 2 is 2.17 bits per heavy atom. The topological polar surface area (TPSA) is 69.6 Å². The number of carboxylic acids is 1. The highest BCUT2D eigenvalue weighted by Crippen LogP contribution is 2.50. The molecule has 2 aliphatic rings. The molecule has 0 bridgehead atoms. The zero-order chi connectivity index (χ0) is 13.2. The van der Waals surface area contributed by atoms with Gasteiger partial charge in [-0.05, 0) is 30.6 Å². The first kappa shape index (κ1) is 13.2. The average molecular weight is 254 g/mol. The van der Waals surface area contributed by atoms with Gasteiger partial charge in [0.15, 0.2) is 0 Å². The lowest BCUT2D eigenvalue weighted by Gasteiger charge is -2.53. The van der Waals surface area contributed by atoms with Crippen molar-refractivity contribution in [2.45, 2.75) is 39.0 Å². The first-order valence-electron chi connectivity index (χ1n) is 6.78. The highest BCUT2D eigenvalue weighted by Gasteiger charge is 2.46. The van der Waals surface area contributed by atoms with Crippen LogP contribution < -0.4 is 5.32 Å². The monoisotopic (exact) mass is 254 g/mol. The molecule has 1 saturated carbocycles. The van der Waals surface area contributed by atoms with Crippen LogP contribution in [-0.2, 0) is 4.79 Å². The number of amides is 2. The number of carbonyl (C=O) groups excluding carboxylic acids is 1. The van der Waals surface area contributed by atoms with Crippen LogP contribution >= 0.6 is 0 Å². The van der Waals surface area contributed by atoms with Crippen molar-refractivity contribution in [1.82, 2.24) is 10.2 Å². The van der Waals surface area contributed by atoms with Crippen LogP contribution in [-0.4, -0.2) is 41.6 Å². The van der Waals surface area contributed by atoms with Gasteiger partial charge in [0, 0.05) is 19.6 Å². The largest absolute Gasteiger partial charge is 0.481 e. The van der Waals surface area contributed by atoms with Crippen molar-refractivity contribution >= 4 is 12.0 Å². The number of carbonyl (C=O) groups is 2. The van der Waals surface area contributed by atoms with Gasteiger partial charge in [-0.2, -0.15) is 0 Å². The second-order valence-electron chi connectivity index (χ2n) is 5.70. The number of aliphatic carboxylic acids is 1. The maximum absolute atomic E-state index is 11.9. The van der Waals surface area contributed by atoms with E-state index >= 15 is 0 Å². The number of urea groups is 1. The van der Waals surface area contributed by atoms with Crippen LogP contribution in [0.15, 0.2) is 0 Å². The number of nitrogens with one attached hydrogen (secondary N) is 1. The van der Waals surface area contributed by atoms with Crippen LogP contribution in [0.2, 0.25) is 0 Å². The summed E-state index contributed by atoms with van der Waals surface area (Å²) in [7, 11) is 0.